The summed E-state index contributed by atoms with van der Waals surface area (Å²) in [5.74, 6) is -2.63. The number of nitrogens with one attached hydrogen (secondary N) is 1. The van der Waals surface area contributed by atoms with Crippen LogP contribution in [0.15, 0.2) is 24.3 Å². The Hall–Kier alpha value is -0.960. The standard InChI is InChI=1S/C13H17F2N/c1-10-4-2-5-11(8-10)9-13(14,15)12-6-3-7-16-12/h2,4-5,8,12,16H,3,6-7,9H2,1H3. The van der Waals surface area contributed by atoms with Gasteiger partial charge in [-0.25, -0.2) is 8.78 Å². The molecule has 1 aromatic carbocycles. The minimum absolute atomic E-state index is 0.160. The van der Waals surface area contributed by atoms with Crippen LogP contribution in [0.3, 0.4) is 0 Å². The van der Waals surface area contributed by atoms with Crippen LogP contribution in [0.2, 0.25) is 0 Å². The van der Waals surface area contributed by atoms with Gasteiger partial charge in [-0.15, -0.1) is 0 Å². The topological polar surface area (TPSA) is 12.0 Å². The van der Waals surface area contributed by atoms with Gasteiger partial charge in [0.2, 0.25) is 0 Å². The van der Waals surface area contributed by atoms with Gasteiger partial charge >= 0.3 is 0 Å². The molecular formula is C13H17F2N. The van der Waals surface area contributed by atoms with Gasteiger partial charge in [0.15, 0.2) is 0 Å². The summed E-state index contributed by atoms with van der Waals surface area (Å²) in [6.07, 6.45) is 1.28. The van der Waals surface area contributed by atoms with Crippen LogP contribution in [0.4, 0.5) is 8.78 Å². The average Bonchev–Trinajstić information content (AvgIpc) is 2.69. The first-order valence-corrected chi connectivity index (χ1v) is 5.75. The molecule has 1 aliphatic rings. The second-order valence-corrected chi connectivity index (χ2v) is 4.58. The van der Waals surface area contributed by atoms with E-state index in [9.17, 15) is 8.78 Å². The largest absolute Gasteiger partial charge is 0.309 e. The van der Waals surface area contributed by atoms with Gasteiger partial charge in [-0.1, -0.05) is 29.8 Å². The third-order valence-electron chi connectivity index (χ3n) is 3.09. The summed E-state index contributed by atoms with van der Waals surface area (Å²) < 4.78 is 27.8. The molecule has 16 heavy (non-hydrogen) atoms. The third kappa shape index (κ3) is 2.59. The van der Waals surface area contributed by atoms with Crippen LogP contribution in [0, 0.1) is 6.92 Å². The summed E-state index contributed by atoms with van der Waals surface area (Å²) in [5, 5.41) is 2.88. The fraction of sp³-hybridized carbons (Fsp3) is 0.538. The van der Waals surface area contributed by atoms with Crippen molar-refractivity contribution in [2.75, 3.05) is 6.54 Å². The number of rotatable bonds is 3. The number of benzene rings is 1. The van der Waals surface area contributed by atoms with E-state index in [2.05, 4.69) is 5.32 Å². The maximum Gasteiger partial charge on any atom is 0.267 e. The summed E-state index contributed by atoms with van der Waals surface area (Å²) in [7, 11) is 0. The van der Waals surface area contributed by atoms with E-state index in [1.165, 1.54) is 0 Å². The first-order valence-electron chi connectivity index (χ1n) is 5.75. The highest BCUT2D eigenvalue weighted by Crippen LogP contribution is 2.29. The van der Waals surface area contributed by atoms with Crippen molar-refractivity contribution in [2.24, 2.45) is 0 Å². The minimum atomic E-state index is -2.63. The molecule has 1 N–H and O–H groups in total. The smallest absolute Gasteiger partial charge is 0.267 e. The lowest BCUT2D eigenvalue weighted by Gasteiger charge is -2.23. The molecule has 0 spiro atoms. The first-order chi connectivity index (χ1) is 7.58. The lowest BCUT2D eigenvalue weighted by atomic mass is 9.99. The quantitative estimate of drug-likeness (QED) is 0.834. The Morgan fingerprint density at radius 1 is 1.44 bits per heavy atom. The predicted molar refractivity (Wildman–Crippen MR) is 60.9 cm³/mol. The van der Waals surface area contributed by atoms with Crippen molar-refractivity contribution in [3.8, 4) is 0 Å². The minimum Gasteiger partial charge on any atom is -0.309 e. The summed E-state index contributed by atoms with van der Waals surface area (Å²) in [5.41, 5.74) is 1.76. The second kappa shape index (κ2) is 4.50. The van der Waals surface area contributed by atoms with Gasteiger partial charge in [-0.05, 0) is 31.9 Å². The summed E-state index contributed by atoms with van der Waals surface area (Å²) in [4.78, 5) is 0. The van der Waals surface area contributed by atoms with Crippen molar-refractivity contribution in [2.45, 2.75) is 38.2 Å². The van der Waals surface area contributed by atoms with E-state index < -0.39 is 12.0 Å². The Kier molecular flexibility index (Phi) is 3.24. The third-order valence-corrected chi connectivity index (χ3v) is 3.09. The van der Waals surface area contributed by atoms with Crippen molar-refractivity contribution in [1.29, 1.82) is 0 Å². The highest BCUT2D eigenvalue weighted by molar-refractivity contribution is 5.23. The molecule has 1 saturated heterocycles. The number of aryl methyl sites for hydroxylation is 1. The zero-order valence-corrected chi connectivity index (χ0v) is 9.47. The van der Waals surface area contributed by atoms with Crippen molar-refractivity contribution in [1.82, 2.24) is 5.32 Å². The van der Waals surface area contributed by atoms with Crippen LogP contribution >= 0.6 is 0 Å². The van der Waals surface area contributed by atoms with Gasteiger partial charge in [0, 0.05) is 6.42 Å². The number of hydrogen-bond acceptors (Lipinski definition) is 1. The zero-order chi connectivity index (χ0) is 11.6. The molecule has 0 aromatic heterocycles. The molecule has 1 fully saturated rings. The molecular weight excluding hydrogens is 208 g/mol. The molecule has 0 bridgehead atoms. The Balaban J connectivity index is 2.07. The molecule has 0 amide bonds. The fourth-order valence-corrected chi connectivity index (χ4v) is 2.26. The van der Waals surface area contributed by atoms with Crippen LogP contribution in [0.1, 0.15) is 24.0 Å². The van der Waals surface area contributed by atoms with Crippen molar-refractivity contribution in [3.63, 3.8) is 0 Å². The van der Waals surface area contributed by atoms with Gasteiger partial charge in [0.1, 0.15) is 0 Å². The van der Waals surface area contributed by atoms with Crippen molar-refractivity contribution in [3.05, 3.63) is 35.4 Å². The maximum atomic E-state index is 13.9. The lowest BCUT2D eigenvalue weighted by molar-refractivity contribution is -0.0307. The normalized spacial score (nSPS) is 21.3. The predicted octanol–water partition coefficient (Wildman–Crippen LogP) is 2.92. The summed E-state index contributed by atoms with van der Waals surface area (Å²) in [6, 6.07) is 6.73. The Morgan fingerprint density at radius 2 is 2.25 bits per heavy atom. The molecule has 1 atom stereocenters. The van der Waals surface area contributed by atoms with Crippen LogP contribution in [0.25, 0.3) is 0 Å². The molecule has 0 saturated carbocycles. The zero-order valence-electron chi connectivity index (χ0n) is 9.47. The molecule has 1 heterocycles. The first kappa shape index (κ1) is 11.5. The van der Waals surface area contributed by atoms with E-state index in [0.717, 1.165) is 17.5 Å². The number of halogens is 2. The van der Waals surface area contributed by atoms with Gasteiger partial charge in [-0.2, -0.15) is 0 Å². The van der Waals surface area contributed by atoms with E-state index >= 15 is 0 Å². The summed E-state index contributed by atoms with van der Waals surface area (Å²) >= 11 is 0. The Bertz CT molecular complexity index is 357. The SMILES string of the molecule is Cc1cccc(CC(F)(F)C2CCCN2)c1. The highest BCUT2D eigenvalue weighted by Gasteiger charge is 2.40. The van der Waals surface area contributed by atoms with E-state index in [0.29, 0.717) is 13.0 Å². The van der Waals surface area contributed by atoms with Crippen LogP contribution < -0.4 is 5.32 Å². The molecule has 1 nitrogen and oxygen atoms in total. The molecule has 1 aliphatic heterocycles. The van der Waals surface area contributed by atoms with E-state index in [1.54, 1.807) is 6.07 Å². The second-order valence-electron chi connectivity index (χ2n) is 4.58. The Labute approximate surface area is 94.9 Å². The Morgan fingerprint density at radius 3 is 2.88 bits per heavy atom. The fourth-order valence-electron chi connectivity index (χ4n) is 2.26. The number of alkyl halides is 2. The highest BCUT2D eigenvalue weighted by atomic mass is 19.3. The van der Waals surface area contributed by atoms with Gasteiger partial charge < -0.3 is 5.32 Å². The van der Waals surface area contributed by atoms with Gasteiger partial charge in [0.25, 0.3) is 5.92 Å². The maximum absolute atomic E-state index is 13.9. The van der Waals surface area contributed by atoms with Crippen LogP contribution in [0.5, 0.6) is 0 Å². The van der Waals surface area contributed by atoms with Crippen molar-refractivity contribution < 1.29 is 8.78 Å². The molecule has 3 heteroatoms. The van der Waals surface area contributed by atoms with E-state index in [1.807, 2.05) is 25.1 Å². The van der Waals surface area contributed by atoms with Gasteiger partial charge in [0.05, 0.1) is 6.04 Å². The number of hydrogen-bond donors (Lipinski definition) is 1. The van der Waals surface area contributed by atoms with E-state index in [4.69, 9.17) is 0 Å². The van der Waals surface area contributed by atoms with Crippen LogP contribution in [-0.4, -0.2) is 18.5 Å². The average molecular weight is 225 g/mol. The van der Waals surface area contributed by atoms with E-state index in [-0.39, 0.29) is 6.42 Å². The van der Waals surface area contributed by atoms with Crippen LogP contribution in [-0.2, 0) is 6.42 Å². The summed E-state index contributed by atoms with van der Waals surface area (Å²) in [6.45, 7) is 2.64. The molecule has 0 aliphatic carbocycles. The van der Waals surface area contributed by atoms with Crippen molar-refractivity contribution >= 4 is 0 Å². The molecule has 88 valence electrons. The lowest BCUT2D eigenvalue weighted by Crippen LogP contribution is -2.42. The monoisotopic (exact) mass is 225 g/mol. The molecule has 0 radical (unpaired) electrons. The molecule has 2 rings (SSSR count). The molecule has 1 aromatic rings. The van der Waals surface area contributed by atoms with Gasteiger partial charge in [-0.3, -0.25) is 0 Å². The molecule has 1 unspecified atom stereocenters.